The topological polar surface area (TPSA) is 65.5 Å². The van der Waals surface area contributed by atoms with E-state index in [1.165, 1.54) is 0 Å². The molecule has 20 heavy (non-hydrogen) atoms. The summed E-state index contributed by atoms with van der Waals surface area (Å²) in [6.07, 6.45) is 6.58. The number of nitrogens with two attached hydrogens (primary N) is 1. The van der Waals surface area contributed by atoms with Crippen LogP contribution in [0.4, 0.5) is 0 Å². The second-order valence-electron chi connectivity index (χ2n) is 4.80. The van der Waals surface area contributed by atoms with Crippen LogP contribution in [0.15, 0.2) is 29.5 Å². The molecule has 1 atom stereocenters. The maximum Gasteiger partial charge on any atom is 0.224 e. The highest BCUT2D eigenvalue weighted by molar-refractivity contribution is 9.10. The van der Waals surface area contributed by atoms with E-state index in [1.54, 1.807) is 12.3 Å². The number of ether oxygens (including phenoxy) is 1. The Balaban J connectivity index is 2.16. The summed E-state index contributed by atoms with van der Waals surface area (Å²) in [5, 5.41) is 11.6. The molecule has 1 unspecified atom stereocenters. The van der Waals surface area contributed by atoms with E-state index in [9.17, 15) is 0 Å². The van der Waals surface area contributed by atoms with Crippen LogP contribution >= 0.6 is 15.9 Å². The van der Waals surface area contributed by atoms with Crippen LogP contribution < -0.4 is 5.41 Å². The highest BCUT2D eigenvalue weighted by Gasteiger charge is 2.23. The number of nitrogens with zero attached hydrogens (tertiary/aromatic N) is 3. The van der Waals surface area contributed by atoms with Crippen molar-refractivity contribution >= 4 is 32.5 Å². The zero-order valence-corrected chi connectivity index (χ0v) is 12.6. The molecular weight excluding hydrogens is 320 g/mol. The van der Waals surface area contributed by atoms with Gasteiger partial charge < -0.3 is 4.74 Å². The summed E-state index contributed by atoms with van der Waals surface area (Å²) in [7, 11) is 0. The van der Waals surface area contributed by atoms with Crippen LogP contribution in [0, 0.1) is 0 Å². The number of aromatic nitrogens is 3. The number of hydrogen-bond acceptors (Lipinski definition) is 3. The van der Waals surface area contributed by atoms with Crippen LogP contribution in [0.5, 0.6) is 0 Å². The minimum atomic E-state index is -0.0411. The molecule has 0 bridgehead atoms. The van der Waals surface area contributed by atoms with Crippen LogP contribution in [0.1, 0.15) is 31.2 Å². The van der Waals surface area contributed by atoms with Gasteiger partial charge in [-0.25, -0.2) is 9.67 Å². The van der Waals surface area contributed by atoms with E-state index in [4.69, 9.17) is 10.1 Å². The molecule has 0 aromatic carbocycles. The summed E-state index contributed by atoms with van der Waals surface area (Å²) < 4.78 is 8.46. The van der Waals surface area contributed by atoms with E-state index < -0.39 is 0 Å². The predicted octanol–water partition coefficient (Wildman–Crippen LogP) is 1.63. The van der Waals surface area contributed by atoms with Crippen LogP contribution in [-0.2, 0) is 4.74 Å². The maximum absolute atomic E-state index is 6.00. The molecular formula is C14H16BrN4O+. The van der Waals surface area contributed by atoms with Crippen LogP contribution in [0.25, 0.3) is 10.9 Å². The van der Waals surface area contributed by atoms with Gasteiger partial charge in [-0.1, -0.05) is 6.58 Å². The summed E-state index contributed by atoms with van der Waals surface area (Å²) in [5.74, 6) is 0. The van der Waals surface area contributed by atoms with Crippen molar-refractivity contribution in [3.63, 3.8) is 0 Å². The summed E-state index contributed by atoms with van der Waals surface area (Å²) in [5.41, 5.74) is 2.22. The third kappa shape index (κ3) is 2.29. The Labute approximate surface area is 125 Å². The minimum Gasteiger partial charge on any atom is -0.356 e. The summed E-state index contributed by atoms with van der Waals surface area (Å²) in [6.45, 7) is 4.49. The lowest BCUT2D eigenvalue weighted by molar-refractivity contribution is -0.111. The van der Waals surface area contributed by atoms with E-state index in [1.807, 2.05) is 10.7 Å². The molecule has 2 aromatic rings. The standard InChI is InChI=1S/C14H15BrN4O/c1-2-10(16)14-9-7-12(15)17-8-11(9)19(18-14)13-5-3-4-6-20-13/h2,7-8,13,16H,1,3-6H2/p+1. The molecule has 3 heterocycles. The fourth-order valence-electron chi connectivity index (χ4n) is 2.46. The van der Waals surface area contributed by atoms with Gasteiger partial charge in [-0.05, 0) is 41.3 Å². The first kappa shape index (κ1) is 13.5. The maximum atomic E-state index is 6.00. The largest absolute Gasteiger partial charge is 0.356 e. The molecule has 104 valence electrons. The van der Waals surface area contributed by atoms with E-state index >= 15 is 0 Å². The highest BCUT2D eigenvalue weighted by atomic mass is 79.9. The molecule has 1 aliphatic rings. The van der Waals surface area contributed by atoms with Crippen molar-refractivity contribution in [2.24, 2.45) is 0 Å². The minimum absolute atomic E-state index is 0.0411. The molecule has 0 spiro atoms. The van der Waals surface area contributed by atoms with E-state index in [0.717, 1.165) is 47.1 Å². The zero-order chi connectivity index (χ0) is 14.1. The Kier molecular flexibility index (Phi) is 3.67. The molecule has 6 heteroatoms. The second kappa shape index (κ2) is 5.46. The van der Waals surface area contributed by atoms with Crippen molar-refractivity contribution in [1.82, 2.24) is 14.8 Å². The Morgan fingerprint density at radius 1 is 1.55 bits per heavy atom. The van der Waals surface area contributed by atoms with Gasteiger partial charge in [0.15, 0.2) is 11.9 Å². The van der Waals surface area contributed by atoms with Gasteiger partial charge in [0.1, 0.15) is 4.60 Å². The van der Waals surface area contributed by atoms with Gasteiger partial charge >= 0.3 is 0 Å². The van der Waals surface area contributed by atoms with Gasteiger partial charge in [-0.15, -0.1) is 0 Å². The molecule has 5 nitrogen and oxygen atoms in total. The number of hydrogen-bond donors (Lipinski definition) is 1. The summed E-state index contributed by atoms with van der Waals surface area (Å²) in [6, 6.07) is 1.92. The average Bonchev–Trinajstić information content (AvgIpc) is 2.86. The first-order chi connectivity index (χ1) is 9.70. The molecule has 1 saturated heterocycles. The Morgan fingerprint density at radius 2 is 2.40 bits per heavy atom. The molecule has 0 aliphatic carbocycles. The second-order valence-corrected chi connectivity index (χ2v) is 5.61. The van der Waals surface area contributed by atoms with Crippen LogP contribution in [0.3, 0.4) is 0 Å². The van der Waals surface area contributed by atoms with Gasteiger partial charge in [-0.2, -0.15) is 5.10 Å². The quantitative estimate of drug-likeness (QED) is 0.684. The molecule has 0 radical (unpaired) electrons. The molecule has 2 aromatic heterocycles. The van der Waals surface area contributed by atoms with Gasteiger partial charge in [-0.3, -0.25) is 5.41 Å². The third-order valence-corrected chi connectivity index (χ3v) is 3.91. The van der Waals surface area contributed by atoms with Crippen molar-refractivity contribution in [1.29, 1.82) is 0 Å². The predicted molar refractivity (Wildman–Crippen MR) is 80.3 cm³/mol. The van der Waals surface area contributed by atoms with Gasteiger partial charge in [0.25, 0.3) is 0 Å². The first-order valence-corrected chi connectivity index (χ1v) is 7.40. The number of fused-ring (bicyclic) bond motifs is 1. The van der Waals surface area contributed by atoms with Crippen LogP contribution in [0.2, 0.25) is 0 Å². The molecule has 0 amide bonds. The lowest BCUT2D eigenvalue weighted by Gasteiger charge is -2.23. The van der Waals surface area contributed by atoms with Crippen molar-refractivity contribution in [2.45, 2.75) is 25.5 Å². The first-order valence-electron chi connectivity index (χ1n) is 6.61. The number of rotatable bonds is 3. The van der Waals surface area contributed by atoms with E-state index in [0.29, 0.717) is 5.71 Å². The van der Waals surface area contributed by atoms with Gasteiger partial charge in [0, 0.05) is 18.1 Å². The molecule has 0 saturated carbocycles. The summed E-state index contributed by atoms with van der Waals surface area (Å²) in [4.78, 5) is 4.29. The Morgan fingerprint density at radius 3 is 3.10 bits per heavy atom. The van der Waals surface area contributed by atoms with Crippen molar-refractivity contribution in [2.75, 3.05) is 6.61 Å². The van der Waals surface area contributed by atoms with Crippen molar-refractivity contribution in [3.05, 3.63) is 35.2 Å². The molecule has 1 fully saturated rings. The third-order valence-electron chi connectivity index (χ3n) is 3.48. The number of halogens is 1. The monoisotopic (exact) mass is 335 g/mol. The highest BCUT2D eigenvalue weighted by Crippen LogP contribution is 2.28. The Hall–Kier alpha value is -1.53. The summed E-state index contributed by atoms with van der Waals surface area (Å²) >= 11 is 3.39. The van der Waals surface area contributed by atoms with Crippen molar-refractivity contribution in [3.8, 4) is 0 Å². The van der Waals surface area contributed by atoms with Crippen molar-refractivity contribution < 1.29 is 10.1 Å². The van der Waals surface area contributed by atoms with E-state index in [2.05, 4.69) is 32.6 Å². The van der Waals surface area contributed by atoms with Gasteiger partial charge in [0.05, 0.1) is 11.7 Å². The van der Waals surface area contributed by atoms with Crippen LogP contribution in [-0.4, -0.2) is 27.1 Å². The fourth-order valence-corrected chi connectivity index (χ4v) is 2.79. The molecule has 1 aliphatic heterocycles. The number of pyridine rings is 1. The fraction of sp³-hybridized carbons (Fsp3) is 0.357. The SMILES string of the molecule is C=CC(=[NH2+])c1nn(C2CCCCO2)c2cnc(Br)cc12. The number of allylic oxidation sites excluding steroid dienone is 1. The lowest BCUT2D eigenvalue weighted by atomic mass is 10.1. The van der Waals surface area contributed by atoms with E-state index in [-0.39, 0.29) is 6.23 Å². The molecule has 3 rings (SSSR count). The normalized spacial score (nSPS) is 19.1. The average molecular weight is 336 g/mol. The van der Waals surface area contributed by atoms with Gasteiger partial charge in [0.2, 0.25) is 5.71 Å². The smallest absolute Gasteiger partial charge is 0.224 e. The zero-order valence-electron chi connectivity index (χ0n) is 11.1. The Bertz CT molecular complexity index is 673. The lowest BCUT2D eigenvalue weighted by Crippen LogP contribution is -2.39. The molecule has 2 N–H and O–H groups in total.